The van der Waals surface area contributed by atoms with Crippen molar-refractivity contribution in [3.05, 3.63) is 17.1 Å². The van der Waals surface area contributed by atoms with E-state index < -0.39 is 0 Å². The number of ether oxygens (including phenoxy) is 1. The first-order valence-corrected chi connectivity index (χ1v) is 6.91. The van der Waals surface area contributed by atoms with Gasteiger partial charge in [0.2, 0.25) is 0 Å². The number of thiol groups is 1. The summed E-state index contributed by atoms with van der Waals surface area (Å²) in [7, 11) is 1.64. The van der Waals surface area contributed by atoms with Gasteiger partial charge < -0.3 is 4.74 Å². The van der Waals surface area contributed by atoms with Crippen LogP contribution < -0.4 is 10.2 Å². The molecule has 2 aromatic rings. The van der Waals surface area contributed by atoms with Gasteiger partial charge in [0.15, 0.2) is 0 Å². The normalized spacial score (nSPS) is 11.4. The van der Waals surface area contributed by atoms with Gasteiger partial charge in [0.05, 0.1) is 30.0 Å². The SMILES string of the molecule is COc1cc2sc(CNOC(C)C)nc2cc1S. The largest absolute Gasteiger partial charge is 0.496 e. The molecule has 0 saturated heterocycles. The van der Waals surface area contributed by atoms with Gasteiger partial charge in [-0.05, 0) is 19.9 Å². The number of nitrogens with one attached hydrogen (secondary N) is 1. The molecule has 0 saturated carbocycles. The highest BCUT2D eigenvalue weighted by molar-refractivity contribution is 7.80. The minimum absolute atomic E-state index is 0.156. The summed E-state index contributed by atoms with van der Waals surface area (Å²) in [5.74, 6) is 0.771. The molecule has 0 spiro atoms. The van der Waals surface area contributed by atoms with E-state index in [1.54, 1.807) is 18.4 Å². The zero-order valence-corrected chi connectivity index (χ0v) is 12.3. The van der Waals surface area contributed by atoms with Crippen molar-refractivity contribution in [1.29, 1.82) is 0 Å². The van der Waals surface area contributed by atoms with Gasteiger partial charge in [0, 0.05) is 11.0 Å². The summed E-state index contributed by atoms with van der Waals surface area (Å²) in [5, 5.41) is 0.978. The average molecular weight is 284 g/mol. The van der Waals surface area contributed by atoms with E-state index in [2.05, 4.69) is 23.1 Å². The Kier molecular flexibility index (Phi) is 4.45. The third kappa shape index (κ3) is 3.14. The number of benzene rings is 1. The molecule has 0 atom stereocenters. The van der Waals surface area contributed by atoms with Gasteiger partial charge >= 0.3 is 0 Å². The van der Waals surface area contributed by atoms with Crippen LogP contribution in [0.4, 0.5) is 0 Å². The standard InChI is InChI=1S/C12H16N2O2S2/c1-7(2)16-13-6-12-14-8-4-10(17)9(15-3)5-11(8)18-12/h4-5,7,13,17H,6H2,1-3H3. The van der Waals surface area contributed by atoms with Gasteiger partial charge in [-0.15, -0.1) is 24.0 Å². The van der Waals surface area contributed by atoms with E-state index in [0.717, 1.165) is 25.9 Å². The molecule has 2 rings (SSSR count). The van der Waals surface area contributed by atoms with Crippen molar-refractivity contribution in [2.24, 2.45) is 0 Å². The summed E-state index contributed by atoms with van der Waals surface area (Å²) >= 11 is 5.98. The Morgan fingerprint density at radius 3 is 2.89 bits per heavy atom. The van der Waals surface area contributed by atoms with Crippen LogP contribution in [0.5, 0.6) is 5.75 Å². The van der Waals surface area contributed by atoms with Crippen LogP contribution in [-0.4, -0.2) is 18.2 Å². The molecule has 1 aromatic carbocycles. The summed E-state index contributed by atoms with van der Waals surface area (Å²) in [6.07, 6.45) is 0.156. The highest BCUT2D eigenvalue weighted by Crippen LogP contribution is 2.31. The number of hydrogen-bond donors (Lipinski definition) is 2. The van der Waals surface area contributed by atoms with Crippen molar-refractivity contribution in [3.63, 3.8) is 0 Å². The predicted octanol–water partition coefficient (Wildman–Crippen LogP) is 3.02. The van der Waals surface area contributed by atoms with Gasteiger partial charge in [-0.3, -0.25) is 4.84 Å². The molecule has 0 bridgehead atoms. The van der Waals surface area contributed by atoms with Crippen molar-refractivity contribution < 1.29 is 9.57 Å². The minimum atomic E-state index is 0.156. The molecule has 0 fully saturated rings. The summed E-state index contributed by atoms with van der Waals surface area (Å²) < 4.78 is 6.33. The van der Waals surface area contributed by atoms with Crippen LogP contribution in [0.25, 0.3) is 10.2 Å². The van der Waals surface area contributed by atoms with E-state index in [4.69, 9.17) is 9.57 Å². The highest BCUT2D eigenvalue weighted by Gasteiger charge is 2.08. The van der Waals surface area contributed by atoms with Crippen LogP contribution >= 0.6 is 24.0 Å². The van der Waals surface area contributed by atoms with Gasteiger partial charge in [-0.2, -0.15) is 5.48 Å². The Morgan fingerprint density at radius 1 is 1.44 bits per heavy atom. The average Bonchev–Trinajstić information content (AvgIpc) is 2.69. The molecule has 0 unspecified atom stereocenters. The number of rotatable bonds is 5. The number of aromatic nitrogens is 1. The molecule has 18 heavy (non-hydrogen) atoms. The van der Waals surface area contributed by atoms with Gasteiger partial charge in [-0.25, -0.2) is 4.98 Å². The van der Waals surface area contributed by atoms with Gasteiger partial charge in [0.1, 0.15) is 10.8 Å². The summed E-state index contributed by atoms with van der Waals surface area (Å²) in [6, 6.07) is 3.88. The van der Waals surface area contributed by atoms with Crippen molar-refractivity contribution >= 4 is 34.2 Å². The smallest absolute Gasteiger partial charge is 0.133 e. The summed E-state index contributed by atoms with van der Waals surface area (Å²) in [4.78, 5) is 10.6. The highest BCUT2D eigenvalue weighted by atomic mass is 32.1. The van der Waals surface area contributed by atoms with Gasteiger partial charge in [0.25, 0.3) is 0 Å². The maximum absolute atomic E-state index is 5.29. The lowest BCUT2D eigenvalue weighted by Crippen LogP contribution is -2.18. The Morgan fingerprint density at radius 2 is 2.22 bits per heavy atom. The van der Waals surface area contributed by atoms with Crippen LogP contribution in [0.3, 0.4) is 0 Å². The molecule has 0 aliphatic carbocycles. The molecule has 4 nitrogen and oxygen atoms in total. The molecule has 0 aliphatic heterocycles. The fraction of sp³-hybridized carbons (Fsp3) is 0.417. The molecule has 1 aromatic heterocycles. The Balaban J connectivity index is 2.17. The Bertz CT molecular complexity index is 540. The molecule has 0 aliphatic rings. The first kappa shape index (κ1) is 13.6. The zero-order chi connectivity index (χ0) is 13.1. The molecule has 6 heteroatoms. The maximum atomic E-state index is 5.29. The van der Waals surface area contributed by atoms with Crippen molar-refractivity contribution in [1.82, 2.24) is 10.5 Å². The second kappa shape index (κ2) is 5.88. The van der Waals surface area contributed by atoms with Crippen molar-refractivity contribution in [2.75, 3.05) is 7.11 Å². The summed E-state index contributed by atoms with van der Waals surface area (Å²) in [5.41, 5.74) is 3.84. The number of hydroxylamine groups is 1. The zero-order valence-electron chi connectivity index (χ0n) is 10.6. The molecule has 98 valence electrons. The number of methoxy groups -OCH3 is 1. The second-order valence-electron chi connectivity index (χ2n) is 4.09. The number of fused-ring (bicyclic) bond motifs is 1. The van der Waals surface area contributed by atoms with Crippen molar-refractivity contribution in [3.8, 4) is 5.75 Å². The van der Waals surface area contributed by atoms with E-state index >= 15 is 0 Å². The third-order valence-corrected chi connectivity index (χ3v) is 3.64. The number of nitrogens with zero attached hydrogens (tertiary/aromatic N) is 1. The van der Waals surface area contributed by atoms with Gasteiger partial charge in [-0.1, -0.05) is 0 Å². The quantitative estimate of drug-likeness (QED) is 0.654. The minimum Gasteiger partial charge on any atom is -0.496 e. The summed E-state index contributed by atoms with van der Waals surface area (Å²) in [6.45, 7) is 4.55. The van der Waals surface area contributed by atoms with Crippen LogP contribution in [0, 0.1) is 0 Å². The first-order valence-electron chi connectivity index (χ1n) is 5.65. The van der Waals surface area contributed by atoms with E-state index in [9.17, 15) is 0 Å². The predicted molar refractivity (Wildman–Crippen MR) is 76.5 cm³/mol. The molecule has 1 heterocycles. The van der Waals surface area contributed by atoms with Crippen molar-refractivity contribution in [2.45, 2.75) is 31.4 Å². The van der Waals surface area contributed by atoms with E-state index in [1.807, 2.05) is 26.0 Å². The van der Waals surface area contributed by atoms with E-state index in [0.29, 0.717) is 6.54 Å². The van der Waals surface area contributed by atoms with Crippen LogP contribution in [0.2, 0.25) is 0 Å². The number of hydrogen-bond acceptors (Lipinski definition) is 6. The topological polar surface area (TPSA) is 43.4 Å². The molecule has 1 N–H and O–H groups in total. The Hall–Kier alpha value is -0.820. The maximum Gasteiger partial charge on any atom is 0.133 e. The lowest BCUT2D eigenvalue weighted by Gasteiger charge is -2.05. The first-order chi connectivity index (χ1) is 8.60. The molecule has 0 amide bonds. The van der Waals surface area contributed by atoms with Crippen LogP contribution in [-0.2, 0) is 11.4 Å². The fourth-order valence-corrected chi connectivity index (χ4v) is 2.68. The molecular formula is C12H16N2O2S2. The lowest BCUT2D eigenvalue weighted by atomic mass is 10.3. The lowest BCUT2D eigenvalue weighted by molar-refractivity contribution is -0.00883. The monoisotopic (exact) mass is 284 g/mol. The third-order valence-electron chi connectivity index (χ3n) is 2.28. The van der Waals surface area contributed by atoms with E-state index in [1.165, 1.54) is 0 Å². The molecule has 0 radical (unpaired) electrons. The number of thiazole rings is 1. The van der Waals surface area contributed by atoms with E-state index in [-0.39, 0.29) is 6.10 Å². The Labute approximate surface area is 116 Å². The molecular weight excluding hydrogens is 268 g/mol. The second-order valence-corrected chi connectivity index (χ2v) is 5.68. The van der Waals surface area contributed by atoms with Crippen LogP contribution in [0.15, 0.2) is 17.0 Å². The fourth-order valence-electron chi connectivity index (χ4n) is 1.50. The van der Waals surface area contributed by atoms with Crippen LogP contribution in [0.1, 0.15) is 18.9 Å².